The molecule has 1 N–H and O–H groups in total. The Morgan fingerprint density at radius 2 is 1.76 bits per heavy atom. The van der Waals surface area contributed by atoms with Crippen LogP contribution in [0.1, 0.15) is 19.4 Å². The Labute approximate surface area is 153 Å². The molecule has 1 amide bonds. The van der Waals surface area contributed by atoms with Gasteiger partial charge in [-0.2, -0.15) is 5.10 Å². The summed E-state index contributed by atoms with van der Waals surface area (Å²) in [5, 5.41) is 4.56. The molecular weight excluding hydrogens is 338 g/mol. The van der Waals surface area contributed by atoms with Crippen LogP contribution >= 0.6 is 11.6 Å². The maximum Gasteiger partial charge on any atom is 0.277 e. The molecule has 0 atom stereocenters. The first-order valence-electron chi connectivity index (χ1n) is 8.17. The van der Waals surface area contributed by atoms with Crippen LogP contribution in [0, 0.1) is 0 Å². The van der Waals surface area contributed by atoms with E-state index in [0.717, 1.165) is 18.7 Å². The zero-order valence-corrected chi connectivity index (χ0v) is 15.2. The van der Waals surface area contributed by atoms with Crippen molar-refractivity contribution in [2.75, 3.05) is 24.6 Å². The molecule has 0 heterocycles. The van der Waals surface area contributed by atoms with Crippen molar-refractivity contribution in [3.8, 4) is 5.75 Å². The number of nitrogens with one attached hydrogen (secondary N) is 1. The van der Waals surface area contributed by atoms with E-state index >= 15 is 0 Å². The Morgan fingerprint density at radius 1 is 1.12 bits per heavy atom. The first-order chi connectivity index (χ1) is 12.1. The van der Waals surface area contributed by atoms with Crippen molar-refractivity contribution in [1.29, 1.82) is 0 Å². The minimum absolute atomic E-state index is 0.111. The van der Waals surface area contributed by atoms with Crippen LogP contribution in [0.25, 0.3) is 0 Å². The molecule has 132 valence electrons. The molecule has 25 heavy (non-hydrogen) atoms. The van der Waals surface area contributed by atoms with Gasteiger partial charge in [0.05, 0.1) is 6.21 Å². The number of nitrogens with zero attached hydrogens (tertiary/aromatic N) is 2. The third-order valence-corrected chi connectivity index (χ3v) is 3.86. The Hall–Kier alpha value is -2.53. The summed E-state index contributed by atoms with van der Waals surface area (Å²) < 4.78 is 5.34. The van der Waals surface area contributed by atoms with Gasteiger partial charge >= 0.3 is 0 Å². The average Bonchev–Trinajstić information content (AvgIpc) is 2.63. The van der Waals surface area contributed by atoms with Crippen LogP contribution in [0.2, 0.25) is 5.02 Å². The summed E-state index contributed by atoms with van der Waals surface area (Å²) in [5.74, 6) is 0.251. The molecule has 0 aliphatic rings. The van der Waals surface area contributed by atoms with Gasteiger partial charge in [0.1, 0.15) is 5.75 Å². The van der Waals surface area contributed by atoms with Gasteiger partial charge in [0.25, 0.3) is 5.91 Å². The lowest BCUT2D eigenvalue weighted by molar-refractivity contribution is -0.123. The molecule has 5 nitrogen and oxygen atoms in total. The third-order valence-electron chi connectivity index (χ3n) is 3.61. The predicted molar refractivity (Wildman–Crippen MR) is 103 cm³/mol. The molecule has 0 aliphatic carbocycles. The highest BCUT2D eigenvalue weighted by Crippen LogP contribution is 2.15. The number of benzene rings is 2. The first kappa shape index (κ1) is 18.8. The number of hydrogen-bond donors (Lipinski definition) is 1. The van der Waals surface area contributed by atoms with E-state index < -0.39 is 0 Å². The highest BCUT2D eigenvalue weighted by atomic mass is 35.5. The Kier molecular flexibility index (Phi) is 7.29. The number of carbonyl (C=O) groups excluding carboxylic acids is 1. The Bertz CT molecular complexity index is 696. The van der Waals surface area contributed by atoms with E-state index in [2.05, 4.69) is 29.3 Å². The van der Waals surface area contributed by atoms with Crippen LogP contribution < -0.4 is 15.1 Å². The zero-order chi connectivity index (χ0) is 18.1. The summed E-state index contributed by atoms with van der Waals surface area (Å²) >= 11 is 5.79. The fraction of sp³-hybridized carbons (Fsp3) is 0.263. The van der Waals surface area contributed by atoms with Crippen molar-refractivity contribution in [3.63, 3.8) is 0 Å². The van der Waals surface area contributed by atoms with Crippen molar-refractivity contribution >= 4 is 29.4 Å². The zero-order valence-electron chi connectivity index (χ0n) is 14.4. The maximum atomic E-state index is 11.7. The van der Waals surface area contributed by atoms with Crippen LogP contribution in [0.3, 0.4) is 0 Å². The normalized spacial score (nSPS) is 10.7. The summed E-state index contributed by atoms with van der Waals surface area (Å²) in [6.45, 7) is 6.07. The standard InChI is InChI=1S/C19H22ClN3O2/c1-3-23(4-2)17-9-5-15(6-10-17)13-21-22-19(24)14-25-18-11-7-16(20)8-12-18/h5-13H,3-4,14H2,1-2H3,(H,22,24)/b21-13-. The second-order valence-electron chi connectivity index (χ2n) is 5.30. The van der Waals surface area contributed by atoms with Crippen LogP contribution in [-0.2, 0) is 4.79 Å². The summed E-state index contributed by atoms with van der Waals surface area (Å²) in [7, 11) is 0. The molecule has 0 saturated heterocycles. The minimum atomic E-state index is -0.328. The highest BCUT2D eigenvalue weighted by Gasteiger charge is 2.02. The van der Waals surface area contributed by atoms with E-state index in [0.29, 0.717) is 10.8 Å². The lowest BCUT2D eigenvalue weighted by Crippen LogP contribution is -2.24. The second-order valence-corrected chi connectivity index (χ2v) is 5.74. The van der Waals surface area contributed by atoms with Crippen LogP contribution in [-0.4, -0.2) is 31.8 Å². The number of halogens is 1. The maximum absolute atomic E-state index is 11.7. The molecule has 6 heteroatoms. The van der Waals surface area contributed by atoms with Gasteiger partial charge in [0.15, 0.2) is 6.61 Å². The van der Waals surface area contributed by atoms with E-state index in [1.807, 2.05) is 24.3 Å². The average molecular weight is 360 g/mol. The van der Waals surface area contributed by atoms with Crippen molar-refractivity contribution in [1.82, 2.24) is 5.43 Å². The summed E-state index contributed by atoms with van der Waals surface area (Å²) in [6, 6.07) is 14.8. The molecule has 0 aliphatic heterocycles. The van der Waals surface area contributed by atoms with E-state index in [1.165, 1.54) is 5.69 Å². The van der Waals surface area contributed by atoms with Gasteiger partial charge in [-0.05, 0) is 55.8 Å². The molecule has 2 aromatic rings. The molecule has 2 rings (SSSR count). The molecule has 0 fully saturated rings. The second kappa shape index (κ2) is 9.69. The SMILES string of the molecule is CCN(CC)c1ccc(/C=N\NC(=O)COc2ccc(Cl)cc2)cc1. The van der Waals surface area contributed by atoms with Gasteiger partial charge in [-0.25, -0.2) is 5.43 Å². The number of ether oxygens (including phenoxy) is 1. The number of amides is 1. The van der Waals surface area contributed by atoms with Gasteiger partial charge in [0, 0.05) is 23.8 Å². The lowest BCUT2D eigenvalue weighted by atomic mass is 10.2. The molecule has 0 bridgehead atoms. The molecule has 0 unspecified atom stereocenters. The molecule has 0 spiro atoms. The number of hydrogen-bond acceptors (Lipinski definition) is 4. The monoisotopic (exact) mass is 359 g/mol. The number of rotatable bonds is 8. The first-order valence-corrected chi connectivity index (χ1v) is 8.55. The fourth-order valence-corrected chi connectivity index (χ4v) is 2.38. The number of anilines is 1. The number of carbonyl (C=O) groups is 1. The van der Waals surface area contributed by atoms with Crippen molar-refractivity contribution in [3.05, 3.63) is 59.1 Å². The topological polar surface area (TPSA) is 53.9 Å². The molecule has 0 radical (unpaired) electrons. The van der Waals surface area contributed by atoms with E-state index in [1.54, 1.807) is 30.5 Å². The smallest absolute Gasteiger partial charge is 0.277 e. The summed E-state index contributed by atoms with van der Waals surface area (Å²) in [5.41, 5.74) is 4.52. The van der Waals surface area contributed by atoms with Gasteiger partial charge in [-0.3, -0.25) is 4.79 Å². The third kappa shape index (κ3) is 6.12. The van der Waals surface area contributed by atoms with Gasteiger partial charge in [0.2, 0.25) is 0 Å². The fourth-order valence-electron chi connectivity index (χ4n) is 2.25. The Morgan fingerprint density at radius 3 is 2.36 bits per heavy atom. The molecule has 0 saturated carbocycles. The molecular formula is C19H22ClN3O2. The summed E-state index contributed by atoms with van der Waals surface area (Å²) in [6.07, 6.45) is 1.60. The van der Waals surface area contributed by atoms with Crippen molar-refractivity contribution in [2.24, 2.45) is 5.10 Å². The molecule has 0 aromatic heterocycles. The van der Waals surface area contributed by atoms with E-state index in [9.17, 15) is 4.79 Å². The van der Waals surface area contributed by atoms with Crippen molar-refractivity contribution in [2.45, 2.75) is 13.8 Å². The Balaban J connectivity index is 1.79. The van der Waals surface area contributed by atoms with E-state index in [4.69, 9.17) is 16.3 Å². The highest BCUT2D eigenvalue weighted by molar-refractivity contribution is 6.30. The van der Waals surface area contributed by atoms with E-state index in [-0.39, 0.29) is 12.5 Å². The number of hydrazone groups is 1. The largest absolute Gasteiger partial charge is 0.484 e. The predicted octanol–water partition coefficient (Wildman–Crippen LogP) is 3.72. The lowest BCUT2D eigenvalue weighted by Gasteiger charge is -2.20. The minimum Gasteiger partial charge on any atom is -0.484 e. The van der Waals surface area contributed by atoms with Gasteiger partial charge in [-0.1, -0.05) is 23.7 Å². The van der Waals surface area contributed by atoms with Gasteiger partial charge in [-0.15, -0.1) is 0 Å². The molecule has 2 aromatic carbocycles. The van der Waals surface area contributed by atoms with Crippen LogP contribution in [0.15, 0.2) is 53.6 Å². The van der Waals surface area contributed by atoms with Crippen molar-refractivity contribution < 1.29 is 9.53 Å². The van der Waals surface area contributed by atoms with Crippen LogP contribution in [0.5, 0.6) is 5.75 Å². The van der Waals surface area contributed by atoms with Crippen LogP contribution in [0.4, 0.5) is 5.69 Å². The summed E-state index contributed by atoms with van der Waals surface area (Å²) in [4.78, 5) is 14.0. The quantitative estimate of drug-likeness (QED) is 0.577. The van der Waals surface area contributed by atoms with Gasteiger partial charge < -0.3 is 9.64 Å².